The quantitative estimate of drug-likeness (QED) is 0.641. The van der Waals surface area contributed by atoms with Gasteiger partial charge in [0.25, 0.3) is 0 Å². The van der Waals surface area contributed by atoms with E-state index >= 15 is 0 Å². The van der Waals surface area contributed by atoms with Gasteiger partial charge < -0.3 is 0 Å². The summed E-state index contributed by atoms with van der Waals surface area (Å²) in [7, 11) is -3.72. The number of rotatable bonds is 6. The van der Waals surface area contributed by atoms with Gasteiger partial charge >= 0.3 is 0 Å². The molecule has 0 saturated heterocycles. The van der Waals surface area contributed by atoms with Crippen LogP contribution in [0, 0.1) is 12.8 Å². The second-order valence-electron chi connectivity index (χ2n) is 7.96. The summed E-state index contributed by atoms with van der Waals surface area (Å²) in [4.78, 5) is 13.7. The Kier molecular flexibility index (Phi) is 6.94. The molecule has 5 heteroatoms. The van der Waals surface area contributed by atoms with Crippen molar-refractivity contribution < 1.29 is 13.2 Å². The van der Waals surface area contributed by atoms with Gasteiger partial charge in [-0.3, -0.25) is 4.79 Å². The predicted molar refractivity (Wildman–Crippen MR) is 121 cm³/mol. The van der Waals surface area contributed by atoms with Gasteiger partial charge in [0.05, 0.1) is 4.90 Å². The highest BCUT2D eigenvalue weighted by atomic mass is 32.2. The van der Waals surface area contributed by atoms with Crippen LogP contribution in [0.25, 0.3) is 0 Å². The van der Waals surface area contributed by atoms with Gasteiger partial charge in [0.2, 0.25) is 10.0 Å². The summed E-state index contributed by atoms with van der Waals surface area (Å²) in [6.45, 7) is 8.14. The lowest BCUT2D eigenvalue weighted by atomic mass is 9.77. The highest BCUT2D eigenvalue weighted by Gasteiger charge is 2.32. The van der Waals surface area contributed by atoms with Gasteiger partial charge in [-0.05, 0) is 61.8 Å². The number of Topliss-reactive ketones (excluding diaryl/α,β-unsaturated/α-hetero) is 1. The predicted octanol–water partition coefficient (Wildman–Crippen LogP) is 5.74. The molecule has 30 heavy (non-hydrogen) atoms. The maximum Gasteiger partial charge on any atom is 0.241 e. The van der Waals surface area contributed by atoms with Crippen LogP contribution in [0.1, 0.15) is 74.0 Å². The zero-order chi connectivity index (χ0) is 21.9. The molecule has 2 aromatic rings. The summed E-state index contributed by atoms with van der Waals surface area (Å²) in [6.07, 6.45) is 2.99. The first-order valence-electron chi connectivity index (χ1n) is 10.8. The number of ketones is 1. The molecule has 0 aromatic heterocycles. The van der Waals surface area contributed by atoms with Crippen LogP contribution in [0.5, 0.6) is 0 Å². The van der Waals surface area contributed by atoms with E-state index in [1.807, 2.05) is 38.1 Å². The molecule has 0 amide bonds. The van der Waals surface area contributed by atoms with E-state index in [9.17, 15) is 13.2 Å². The molecule has 160 valence electrons. The van der Waals surface area contributed by atoms with Crippen molar-refractivity contribution >= 4 is 15.8 Å². The monoisotopic (exact) mass is 425 g/mol. The van der Waals surface area contributed by atoms with Crippen molar-refractivity contribution in [3.05, 3.63) is 76.4 Å². The Morgan fingerprint density at radius 3 is 2.23 bits per heavy atom. The lowest BCUT2D eigenvalue weighted by Gasteiger charge is -2.31. The molecule has 0 aliphatic heterocycles. The third-order valence-corrected chi connectivity index (χ3v) is 7.60. The fraction of sp³-hybridized carbons (Fsp3) is 0.400. The van der Waals surface area contributed by atoms with Gasteiger partial charge in [-0.25, -0.2) is 13.1 Å². The third-order valence-electron chi connectivity index (χ3n) is 6.11. The molecule has 0 spiro atoms. The van der Waals surface area contributed by atoms with Gasteiger partial charge in [0.15, 0.2) is 5.78 Å². The molecule has 0 fully saturated rings. The number of benzene rings is 2. The van der Waals surface area contributed by atoms with Crippen molar-refractivity contribution in [2.75, 3.05) is 0 Å². The molecule has 3 rings (SSSR count). The molecule has 2 aromatic carbocycles. The lowest BCUT2D eigenvalue weighted by molar-refractivity contribution is 0.102. The van der Waals surface area contributed by atoms with E-state index in [1.165, 1.54) is 5.57 Å². The number of nitrogens with one attached hydrogen (secondary N) is 1. The van der Waals surface area contributed by atoms with E-state index in [1.54, 1.807) is 24.3 Å². The first-order chi connectivity index (χ1) is 14.3. The largest absolute Gasteiger partial charge is 0.289 e. The van der Waals surface area contributed by atoms with Gasteiger partial charge in [0.1, 0.15) is 0 Å². The first-order valence-corrected chi connectivity index (χ1v) is 12.2. The fourth-order valence-corrected chi connectivity index (χ4v) is 5.73. The first kappa shape index (κ1) is 22.4. The number of carbonyl (C=O) groups excluding carboxylic acids is 1. The Balaban J connectivity index is 2.11. The zero-order valence-corrected chi connectivity index (χ0v) is 19.1. The highest BCUT2D eigenvalue weighted by Crippen LogP contribution is 2.38. The fourth-order valence-electron chi connectivity index (χ4n) is 4.50. The van der Waals surface area contributed by atoms with E-state index in [2.05, 4.69) is 18.6 Å². The number of sulfonamides is 1. The molecule has 4 nitrogen and oxygen atoms in total. The minimum absolute atomic E-state index is 0.0302. The smallest absolute Gasteiger partial charge is 0.241 e. The van der Waals surface area contributed by atoms with Crippen LogP contribution in [0.4, 0.5) is 0 Å². The van der Waals surface area contributed by atoms with E-state index < -0.39 is 16.1 Å². The van der Waals surface area contributed by atoms with Crippen LogP contribution < -0.4 is 4.72 Å². The van der Waals surface area contributed by atoms with E-state index in [4.69, 9.17) is 0 Å². The molecule has 1 aliphatic carbocycles. The minimum Gasteiger partial charge on any atom is -0.289 e. The van der Waals surface area contributed by atoms with Gasteiger partial charge in [0, 0.05) is 11.6 Å². The summed E-state index contributed by atoms with van der Waals surface area (Å²) in [5, 5.41) is 0. The number of carbonyl (C=O) groups is 1. The maximum absolute atomic E-state index is 13.4. The Bertz CT molecular complexity index is 1050. The Labute approximate surface area is 180 Å². The molecule has 0 bridgehead atoms. The zero-order valence-electron chi connectivity index (χ0n) is 18.2. The van der Waals surface area contributed by atoms with Crippen molar-refractivity contribution in [2.24, 2.45) is 5.92 Å². The summed E-state index contributed by atoms with van der Waals surface area (Å²) >= 11 is 0. The van der Waals surface area contributed by atoms with E-state index in [0.29, 0.717) is 18.4 Å². The molecular formula is C25H31NO3S. The normalized spacial score (nSPS) is 22.3. The van der Waals surface area contributed by atoms with E-state index in [-0.39, 0.29) is 16.6 Å². The third kappa shape index (κ3) is 4.42. The van der Waals surface area contributed by atoms with Crippen molar-refractivity contribution in [3.63, 3.8) is 0 Å². The van der Waals surface area contributed by atoms with Crippen molar-refractivity contribution in [1.29, 1.82) is 0 Å². The number of hydrogen-bond acceptors (Lipinski definition) is 3. The standard InChI is InChI=1S/C25H31NO3S/c1-5-18-16-24(26-30(28,29)19-14-12-17(4)13-15-19)22-10-8-9-11-23(22)25(27)21(7-3)20(18)6-2/h8-15,18,24,26H,5-7,16H2,1-4H3/b21-20-/t18-,24-/m1/s1. The number of hydrogen-bond donors (Lipinski definition) is 1. The second kappa shape index (κ2) is 9.27. The molecule has 0 unspecified atom stereocenters. The van der Waals surface area contributed by atoms with Crippen LogP contribution in [0.15, 0.2) is 64.6 Å². The van der Waals surface area contributed by atoms with Crippen LogP contribution in [0.2, 0.25) is 0 Å². The molecule has 1 N–H and O–H groups in total. The van der Waals surface area contributed by atoms with Crippen LogP contribution in [-0.2, 0) is 10.0 Å². The Morgan fingerprint density at radius 1 is 0.967 bits per heavy atom. The molecule has 0 heterocycles. The summed E-state index contributed by atoms with van der Waals surface area (Å²) < 4.78 is 29.2. The van der Waals surface area contributed by atoms with Crippen LogP contribution in [-0.4, -0.2) is 14.2 Å². The average molecular weight is 426 g/mol. The van der Waals surface area contributed by atoms with Gasteiger partial charge in [-0.2, -0.15) is 0 Å². The number of aryl methyl sites for hydroxylation is 1. The topological polar surface area (TPSA) is 63.2 Å². The van der Waals surface area contributed by atoms with Crippen molar-refractivity contribution in [1.82, 2.24) is 4.72 Å². The molecule has 0 radical (unpaired) electrons. The number of fused-ring (bicyclic) bond motifs is 1. The Morgan fingerprint density at radius 2 is 1.63 bits per heavy atom. The van der Waals surface area contributed by atoms with Crippen LogP contribution in [0.3, 0.4) is 0 Å². The SMILES string of the molecule is CC/C1=C(\CC)[C@H](CC)C[C@@H](NS(=O)(=O)c2ccc(C)cc2)c2ccccc2C1=O. The molecular weight excluding hydrogens is 394 g/mol. The van der Waals surface area contributed by atoms with Gasteiger partial charge in [-0.15, -0.1) is 0 Å². The maximum atomic E-state index is 13.4. The molecule has 2 atom stereocenters. The Hall–Kier alpha value is -2.24. The molecule has 1 aliphatic rings. The van der Waals surface area contributed by atoms with E-state index in [0.717, 1.165) is 29.5 Å². The summed E-state index contributed by atoms with van der Waals surface area (Å²) in [5.74, 6) is 0.190. The van der Waals surface area contributed by atoms with Crippen molar-refractivity contribution in [2.45, 2.75) is 64.3 Å². The van der Waals surface area contributed by atoms with Crippen molar-refractivity contribution in [3.8, 4) is 0 Å². The number of allylic oxidation sites excluding steroid dienone is 2. The summed E-state index contributed by atoms with van der Waals surface area (Å²) in [5.41, 5.74) is 4.42. The van der Waals surface area contributed by atoms with Crippen LogP contribution >= 0.6 is 0 Å². The van der Waals surface area contributed by atoms with Gasteiger partial charge in [-0.1, -0.05) is 68.3 Å². The average Bonchev–Trinajstić information content (AvgIpc) is 2.74. The highest BCUT2D eigenvalue weighted by molar-refractivity contribution is 7.89. The second-order valence-corrected chi connectivity index (χ2v) is 9.67. The molecule has 0 saturated carbocycles. The lowest BCUT2D eigenvalue weighted by Crippen LogP contribution is -2.33. The summed E-state index contributed by atoms with van der Waals surface area (Å²) in [6, 6.07) is 13.8. The minimum atomic E-state index is -3.72.